The molecular weight excluding hydrogens is 242 g/mol. The number of rotatable bonds is 5. The van der Waals surface area contributed by atoms with Gasteiger partial charge in [0.1, 0.15) is 5.01 Å². The molecule has 0 fully saturated rings. The second kappa shape index (κ2) is 5.74. The van der Waals surface area contributed by atoms with E-state index in [-0.39, 0.29) is 12.5 Å². The minimum atomic E-state index is -1.09. The molecule has 17 heavy (non-hydrogen) atoms. The molecule has 2 unspecified atom stereocenters. The van der Waals surface area contributed by atoms with Crippen LogP contribution in [0.3, 0.4) is 0 Å². The molecule has 0 saturated carbocycles. The van der Waals surface area contributed by atoms with Gasteiger partial charge in [0, 0.05) is 11.1 Å². The van der Waals surface area contributed by atoms with Crippen LogP contribution in [0.2, 0.25) is 0 Å². The normalized spacial score (nSPS) is 14.1. The van der Waals surface area contributed by atoms with Crippen molar-refractivity contribution < 1.29 is 14.7 Å². The summed E-state index contributed by atoms with van der Waals surface area (Å²) < 4.78 is 0. The number of hydrogen-bond donors (Lipinski definition) is 3. The van der Waals surface area contributed by atoms with Crippen molar-refractivity contribution in [2.45, 2.75) is 32.4 Å². The minimum Gasteiger partial charge on any atom is -0.481 e. The number of nitrogens with one attached hydrogen (secondary N) is 1. The van der Waals surface area contributed by atoms with Crippen LogP contribution in [0.25, 0.3) is 0 Å². The summed E-state index contributed by atoms with van der Waals surface area (Å²) in [6.07, 6.45) is 1.34. The summed E-state index contributed by atoms with van der Waals surface area (Å²) in [5, 5.41) is 11.9. The molecular formula is C10H15N3O3S. The van der Waals surface area contributed by atoms with Crippen LogP contribution in [0.4, 0.5) is 0 Å². The number of nitrogens with zero attached hydrogens (tertiary/aromatic N) is 1. The van der Waals surface area contributed by atoms with E-state index in [2.05, 4.69) is 10.3 Å². The van der Waals surface area contributed by atoms with Crippen molar-refractivity contribution in [3.8, 4) is 0 Å². The number of aromatic nitrogens is 1. The van der Waals surface area contributed by atoms with Crippen molar-refractivity contribution in [3.05, 3.63) is 16.1 Å². The van der Waals surface area contributed by atoms with Crippen LogP contribution in [0.15, 0.2) is 6.20 Å². The van der Waals surface area contributed by atoms with Gasteiger partial charge < -0.3 is 16.2 Å². The highest BCUT2D eigenvalue weighted by Gasteiger charge is 2.20. The molecule has 1 amide bonds. The van der Waals surface area contributed by atoms with Crippen molar-refractivity contribution in [1.29, 1.82) is 0 Å². The van der Waals surface area contributed by atoms with E-state index in [9.17, 15) is 9.59 Å². The van der Waals surface area contributed by atoms with Crippen molar-refractivity contribution in [3.63, 3.8) is 0 Å². The summed E-state index contributed by atoms with van der Waals surface area (Å²) in [5.74, 6) is -1.57. The van der Waals surface area contributed by atoms with Gasteiger partial charge in [-0.3, -0.25) is 9.59 Å². The van der Waals surface area contributed by atoms with Crippen LogP contribution in [0.5, 0.6) is 0 Å². The summed E-state index contributed by atoms with van der Waals surface area (Å²) in [4.78, 5) is 27.1. The van der Waals surface area contributed by atoms with Crippen LogP contribution < -0.4 is 11.1 Å². The van der Waals surface area contributed by atoms with E-state index in [1.807, 2.05) is 6.92 Å². The number of aliphatic carboxylic acids is 1. The van der Waals surface area contributed by atoms with Crippen molar-refractivity contribution in [2.75, 3.05) is 0 Å². The molecule has 0 saturated heterocycles. The standard InChI is InChI=1S/C10H15N3O3S/c1-5-4-12-10(17-5)6(2)13-9(16)7(11)3-8(14)15/h4,6-7H,3,11H2,1-2H3,(H,13,16)(H,14,15). The molecule has 0 bridgehead atoms. The second-order valence-corrected chi connectivity index (χ2v) is 5.01. The van der Waals surface area contributed by atoms with E-state index >= 15 is 0 Å². The number of carbonyl (C=O) groups excluding carboxylic acids is 1. The molecule has 94 valence electrons. The lowest BCUT2D eigenvalue weighted by Crippen LogP contribution is -2.42. The zero-order valence-electron chi connectivity index (χ0n) is 9.64. The number of amides is 1. The van der Waals surface area contributed by atoms with Gasteiger partial charge in [0.05, 0.1) is 18.5 Å². The summed E-state index contributed by atoms with van der Waals surface area (Å²) in [5.41, 5.74) is 5.44. The number of carboxylic acids is 1. The van der Waals surface area contributed by atoms with Crippen molar-refractivity contribution in [1.82, 2.24) is 10.3 Å². The molecule has 0 spiro atoms. The van der Waals surface area contributed by atoms with Gasteiger partial charge >= 0.3 is 5.97 Å². The highest BCUT2D eigenvalue weighted by Crippen LogP contribution is 2.18. The number of carboxylic acid groups (broad SMARTS) is 1. The third kappa shape index (κ3) is 4.12. The molecule has 1 aromatic rings. The van der Waals surface area contributed by atoms with E-state index < -0.39 is 17.9 Å². The van der Waals surface area contributed by atoms with Crippen molar-refractivity contribution >= 4 is 23.2 Å². The Morgan fingerprint density at radius 1 is 1.65 bits per heavy atom. The Bertz CT molecular complexity index is 419. The average molecular weight is 257 g/mol. The third-order valence-electron chi connectivity index (χ3n) is 2.10. The summed E-state index contributed by atoms with van der Waals surface area (Å²) in [6, 6.07) is -1.29. The fourth-order valence-corrected chi connectivity index (χ4v) is 2.01. The fraction of sp³-hybridized carbons (Fsp3) is 0.500. The lowest BCUT2D eigenvalue weighted by Gasteiger charge is -2.14. The van der Waals surface area contributed by atoms with Crippen LogP contribution >= 0.6 is 11.3 Å². The van der Waals surface area contributed by atoms with E-state index in [0.717, 1.165) is 9.88 Å². The fourth-order valence-electron chi connectivity index (χ4n) is 1.24. The minimum absolute atomic E-state index is 0.263. The van der Waals surface area contributed by atoms with Crippen molar-refractivity contribution in [2.24, 2.45) is 5.73 Å². The molecule has 0 aromatic carbocycles. The summed E-state index contributed by atoms with van der Waals surface area (Å²) in [7, 11) is 0. The first-order chi connectivity index (χ1) is 7.90. The topological polar surface area (TPSA) is 105 Å². The Balaban J connectivity index is 2.53. The Labute approximate surface area is 103 Å². The lowest BCUT2D eigenvalue weighted by atomic mass is 10.2. The molecule has 1 aromatic heterocycles. The van der Waals surface area contributed by atoms with E-state index in [1.165, 1.54) is 11.3 Å². The average Bonchev–Trinajstić information content (AvgIpc) is 2.63. The van der Waals surface area contributed by atoms with Gasteiger partial charge in [-0.1, -0.05) is 0 Å². The Morgan fingerprint density at radius 3 is 2.76 bits per heavy atom. The molecule has 1 heterocycles. The van der Waals surface area contributed by atoms with Gasteiger partial charge in [-0.2, -0.15) is 0 Å². The van der Waals surface area contributed by atoms with Gasteiger partial charge in [0.25, 0.3) is 0 Å². The van der Waals surface area contributed by atoms with E-state index in [1.54, 1.807) is 13.1 Å². The predicted octanol–water partition coefficient (Wildman–Crippen LogP) is 0.431. The van der Waals surface area contributed by atoms with Gasteiger partial charge in [0.2, 0.25) is 5.91 Å². The molecule has 4 N–H and O–H groups in total. The molecule has 7 heteroatoms. The molecule has 0 radical (unpaired) electrons. The van der Waals surface area contributed by atoms with Gasteiger partial charge in [0.15, 0.2) is 0 Å². The number of aryl methyl sites for hydroxylation is 1. The quantitative estimate of drug-likeness (QED) is 0.709. The molecule has 6 nitrogen and oxygen atoms in total. The molecule has 1 rings (SSSR count). The Morgan fingerprint density at radius 2 is 2.29 bits per heavy atom. The maximum Gasteiger partial charge on any atom is 0.305 e. The monoisotopic (exact) mass is 257 g/mol. The summed E-state index contributed by atoms with van der Waals surface area (Å²) in [6.45, 7) is 3.70. The highest BCUT2D eigenvalue weighted by molar-refractivity contribution is 7.11. The predicted molar refractivity (Wildman–Crippen MR) is 63.6 cm³/mol. The maximum atomic E-state index is 11.5. The molecule has 0 aliphatic rings. The maximum absolute atomic E-state index is 11.5. The Kier molecular flexibility index (Phi) is 4.59. The first kappa shape index (κ1) is 13.6. The number of hydrogen-bond acceptors (Lipinski definition) is 5. The van der Waals surface area contributed by atoms with Gasteiger partial charge in [-0.05, 0) is 13.8 Å². The number of nitrogens with two attached hydrogens (primary N) is 1. The Hall–Kier alpha value is -1.47. The first-order valence-corrected chi connectivity index (χ1v) is 5.92. The van der Waals surface area contributed by atoms with Crippen LogP contribution in [-0.4, -0.2) is 28.0 Å². The highest BCUT2D eigenvalue weighted by atomic mass is 32.1. The first-order valence-electron chi connectivity index (χ1n) is 5.10. The second-order valence-electron chi connectivity index (χ2n) is 3.74. The smallest absolute Gasteiger partial charge is 0.305 e. The van der Waals surface area contributed by atoms with E-state index in [0.29, 0.717) is 0 Å². The summed E-state index contributed by atoms with van der Waals surface area (Å²) >= 11 is 1.48. The number of carbonyl (C=O) groups is 2. The third-order valence-corrected chi connectivity index (χ3v) is 3.20. The van der Waals surface area contributed by atoms with Gasteiger partial charge in [-0.25, -0.2) is 4.98 Å². The molecule has 2 atom stereocenters. The zero-order chi connectivity index (χ0) is 13.0. The molecule has 0 aliphatic heterocycles. The lowest BCUT2D eigenvalue weighted by molar-refractivity contribution is -0.139. The zero-order valence-corrected chi connectivity index (χ0v) is 10.5. The van der Waals surface area contributed by atoms with E-state index in [4.69, 9.17) is 10.8 Å². The molecule has 0 aliphatic carbocycles. The van der Waals surface area contributed by atoms with Gasteiger partial charge in [-0.15, -0.1) is 11.3 Å². The largest absolute Gasteiger partial charge is 0.481 e. The van der Waals surface area contributed by atoms with Crippen LogP contribution in [0, 0.1) is 6.92 Å². The van der Waals surface area contributed by atoms with Crippen LogP contribution in [-0.2, 0) is 9.59 Å². The van der Waals surface area contributed by atoms with Crippen LogP contribution in [0.1, 0.15) is 29.3 Å². The SMILES string of the molecule is Cc1cnc(C(C)NC(=O)C(N)CC(=O)O)s1. The number of thiazole rings is 1.